The number of esters is 1. The molecule has 1 aromatic heterocycles. The Bertz CT molecular complexity index is 1110. The zero-order valence-electron chi connectivity index (χ0n) is 22.4. The van der Waals surface area contributed by atoms with Crippen LogP contribution in [0.4, 0.5) is 0 Å². The van der Waals surface area contributed by atoms with Crippen molar-refractivity contribution in [1.29, 1.82) is 0 Å². The number of carboxylic acids is 1. The lowest BCUT2D eigenvalue weighted by Gasteiger charge is -2.29. The first-order valence-electron chi connectivity index (χ1n) is 12.5. The van der Waals surface area contributed by atoms with E-state index in [-0.39, 0.29) is 12.1 Å². The van der Waals surface area contributed by atoms with E-state index in [0.717, 1.165) is 5.56 Å². The monoisotopic (exact) mass is 531 g/mol. The standard InChI is InChI=1S/C26H37N5O7/c1-6-26(37,7-2)20-15-28-30-31(20)19(14-22(34)38-25(3,4)5)24(36)29-18(23(35)27-16-21(32)33)13-17-11-9-8-10-12-17/h8-12,15,18-19,37H,6-7,13-14,16H2,1-5H3,(H,27,35)(H,29,36)(H,32,33)/t18-,19-/m0/s1. The molecule has 0 radical (unpaired) electrons. The number of amides is 2. The molecule has 38 heavy (non-hydrogen) atoms. The smallest absolute Gasteiger partial charge is 0.322 e. The maximum atomic E-state index is 13.7. The SMILES string of the molecule is CCC(O)(CC)c1cnnn1[C@@H](CC(=O)OC(C)(C)C)C(=O)N[C@@H](Cc1ccccc1)C(=O)NCC(=O)O. The molecule has 0 fully saturated rings. The minimum Gasteiger partial charge on any atom is -0.480 e. The molecule has 0 saturated carbocycles. The maximum Gasteiger partial charge on any atom is 0.322 e. The molecule has 0 saturated heterocycles. The first-order chi connectivity index (χ1) is 17.8. The molecule has 1 aromatic carbocycles. The predicted octanol–water partition coefficient (Wildman–Crippen LogP) is 1.49. The number of carbonyl (C=O) groups is 4. The summed E-state index contributed by atoms with van der Waals surface area (Å²) in [6.07, 6.45) is 1.55. The molecule has 1 heterocycles. The number of aromatic nitrogens is 3. The van der Waals surface area contributed by atoms with E-state index in [2.05, 4.69) is 20.9 Å². The molecule has 0 unspecified atom stereocenters. The Morgan fingerprint density at radius 3 is 2.24 bits per heavy atom. The molecule has 2 amide bonds. The van der Waals surface area contributed by atoms with Crippen molar-refractivity contribution in [2.24, 2.45) is 0 Å². The Morgan fingerprint density at radius 2 is 1.68 bits per heavy atom. The summed E-state index contributed by atoms with van der Waals surface area (Å²) in [7, 11) is 0. The fraction of sp³-hybridized carbons (Fsp3) is 0.538. The number of carboxylic acid groups (broad SMARTS) is 1. The third-order valence-electron chi connectivity index (χ3n) is 5.93. The lowest BCUT2D eigenvalue weighted by Crippen LogP contribution is -2.51. The van der Waals surface area contributed by atoms with E-state index >= 15 is 0 Å². The second-order valence-corrected chi connectivity index (χ2v) is 9.97. The Kier molecular flexibility index (Phi) is 10.5. The van der Waals surface area contributed by atoms with E-state index in [0.29, 0.717) is 12.8 Å². The van der Waals surface area contributed by atoms with Gasteiger partial charge in [0.05, 0.1) is 18.3 Å². The van der Waals surface area contributed by atoms with Gasteiger partial charge in [0.25, 0.3) is 0 Å². The van der Waals surface area contributed by atoms with Crippen molar-refractivity contribution in [3.8, 4) is 0 Å². The topological polar surface area (TPSA) is 173 Å². The Hall–Kier alpha value is -3.80. The van der Waals surface area contributed by atoms with Crippen molar-refractivity contribution in [3.63, 3.8) is 0 Å². The van der Waals surface area contributed by atoms with Crippen LogP contribution in [0.1, 0.15) is 71.2 Å². The molecule has 208 valence electrons. The molecule has 4 N–H and O–H groups in total. The van der Waals surface area contributed by atoms with Crippen molar-refractivity contribution < 1.29 is 34.1 Å². The molecule has 2 aromatic rings. The number of hydrogen-bond acceptors (Lipinski definition) is 8. The van der Waals surface area contributed by atoms with E-state index in [9.17, 15) is 24.3 Å². The minimum absolute atomic E-state index is 0.0647. The lowest BCUT2D eigenvalue weighted by atomic mass is 9.93. The van der Waals surface area contributed by atoms with Crippen LogP contribution in [0.5, 0.6) is 0 Å². The van der Waals surface area contributed by atoms with Gasteiger partial charge in [-0.2, -0.15) is 0 Å². The van der Waals surface area contributed by atoms with Crippen molar-refractivity contribution in [3.05, 3.63) is 47.8 Å². The fourth-order valence-corrected chi connectivity index (χ4v) is 3.86. The van der Waals surface area contributed by atoms with Crippen LogP contribution in [-0.2, 0) is 35.9 Å². The van der Waals surface area contributed by atoms with Crippen molar-refractivity contribution in [2.45, 2.75) is 83.6 Å². The van der Waals surface area contributed by atoms with Gasteiger partial charge in [-0.25, -0.2) is 4.68 Å². The van der Waals surface area contributed by atoms with Gasteiger partial charge < -0.3 is 25.6 Å². The summed E-state index contributed by atoms with van der Waals surface area (Å²) in [6, 6.07) is 6.40. The van der Waals surface area contributed by atoms with E-state index in [4.69, 9.17) is 9.84 Å². The van der Waals surface area contributed by atoms with Crippen LogP contribution in [0, 0.1) is 0 Å². The normalized spacial score (nSPS) is 13.3. The minimum atomic E-state index is -1.36. The third kappa shape index (κ3) is 8.65. The van der Waals surface area contributed by atoms with Gasteiger partial charge in [0.1, 0.15) is 29.8 Å². The van der Waals surface area contributed by atoms with E-state index in [1.54, 1.807) is 65.0 Å². The maximum absolute atomic E-state index is 13.7. The van der Waals surface area contributed by atoms with Gasteiger partial charge >= 0.3 is 11.9 Å². The molecular formula is C26H37N5O7. The quantitative estimate of drug-likeness (QED) is 0.279. The van der Waals surface area contributed by atoms with Crippen molar-refractivity contribution in [2.75, 3.05) is 6.54 Å². The predicted molar refractivity (Wildman–Crippen MR) is 137 cm³/mol. The van der Waals surface area contributed by atoms with Crippen LogP contribution < -0.4 is 10.6 Å². The largest absolute Gasteiger partial charge is 0.480 e. The summed E-state index contributed by atoms with van der Waals surface area (Å²) >= 11 is 0. The molecule has 0 bridgehead atoms. The number of hydrogen-bond donors (Lipinski definition) is 4. The molecule has 12 heteroatoms. The average molecular weight is 532 g/mol. The highest BCUT2D eigenvalue weighted by molar-refractivity contribution is 5.92. The highest BCUT2D eigenvalue weighted by atomic mass is 16.6. The zero-order chi connectivity index (χ0) is 28.5. The van der Waals surface area contributed by atoms with Crippen LogP contribution in [0.15, 0.2) is 36.5 Å². The first kappa shape index (κ1) is 30.4. The number of nitrogens with one attached hydrogen (secondary N) is 2. The summed E-state index contributed by atoms with van der Waals surface area (Å²) in [5.74, 6) is -3.39. The number of benzene rings is 1. The first-order valence-corrected chi connectivity index (χ1v) is 12.5. The summed E-state index contributed by atoms with van der Waals surface area (Å²) < 4.78 is 6.60. The fourth-order valence-electron chi connectivity index (χ4n) is 3.86. The summed E-state index contributed by atoms with van der Waals surface area (Å²) in [4.78, 5) is 50.3. The van der Waals surface area contributed by atoms with Crippen LogP contribution in [0.2, 0.25) is 0 Å². The molecule has 0 aliphatic rings. The number of carbonyl (C=O) groups excluding carboxylic acids is 3. The van der Waals surface area contributed by atoms with Gasteiger partial charge in [-0.3, -0.25) is 19.2 Å². The number of nitrogens with zero attached hydrogens (tertiary/aromatic N) is 3. The van der Waals surface area contributed by atoms with E-state index < -0.39 is 60.0 Å². The molecule has 12 nitrogen and oxygen atoms in total. The second-order valence-electron chi connectivity index (χ2n) is 9.97. The molecule has 2 atom stereocenters. The average Bonchev–Trinajstić information content (AvgIpc) is 3.34. The molecule has 0 aliphatic carbocycles. The lowest BCUT2D eigenvalue weighted by molar-refractivity contribution is -0.157. The molecular weight excluding hydrogens is 494 g/mol. The van der Waals surface area contributed by atoms with Gasteiger partial charge in [-0.1, -0.05) is 49.4 Å². The van der Waals surface area contributed by atoms with Crippen LogP contribution in [0.3, 0.4) is 0 Å². The molecule has 2 rings (SSSR count). The summed E-state index contributed by atoms with van der Waals surface area (Å²) in [5.41, 5.74) is -1.22. The van der Waals surface area contributed by atoms with Crippen LogP contribution >= 0.6 is 0 Å². The van der Waals surface area contributed by atoms with Gasteiger partial charge in [0.2, 0.25) is 11.8 Å². The zero-order valence-corrected chi connectivity index (χ0v) is 22.4. The third-order valence-corrected chi connectivity index (χ3v) is 5.93. The van der Waals surface area contributed by atoms with Gasteiger partial charge in [0.15, 0.2) is 0 Å². The van der Waals surface area contributed by atoms with Gasteiger partial charge in [-0.15, -0.1) is 5.10 Å². The van der Waals surface area contributed by atoms with E-state index in [1.165, 1.54) is 10.9 Å². The van der Waals surface area contributed by atoms with Crippen LogP contribution in [0.25, 0.3) is 0 Å². The van der Waals surface area contributed by atoms with E-state index in [1.807, 2.05) is 0 Å². The second kappa shape index (κ2) is 13.1. The summed E-state index contributed by atoms with van der Waals surface area (Å²) in [5, 5.41) is 32.9. The Balaban J connectivity index is 2.44. The van der Waals surface area contributed by atoms with Gasteiger partial charge in [0, 0.05) is 6.42 Å². The number of aliphatic carboxylic acids is 1. The van der Waals surface area contributed by atoms with Crippen LogP contribution in [-0.4, -0.2) is 67.1 Å². The highest BCUT2D eigenvalue weighted by Crippen LogP contribution is 2.30. The Morgan fingerprint density at radius 1 is 1.05 bits per heavy atom. The number of aliphatic hydroxyl groups is 1. The Labute approximate surface area is 221 Å². The van der Waals surface area contributed by atoms with Gasteiger partial charge in [-0.05, 0) is 39.2 Å². The molecule has 0 aliphatic heterocycles. The number of rotatable bonds is 13. The number of ether oxygens (including phenoxy) is 1. The summed E-state index contributed by atoms with van der Waals surface area (Å²) in [6.45, 7) is 7.98. The van der Waals surface area contributed by atoms with Crippen molar-refractivity contribution >= 4 is 23.8 Å². The molecule has 0 spiro atoms. The highest BCUT2D eigenvalue weighted by Gasteiger charge is 2.37. The van der Waals surface area contributed by atoms with Crippen molar-refractivity contribution in [1.82, 2.24) is 25.6 Å².